The summed E-state index contributed by atoms with van der Waals surface area (Å²) in [6.07, 6.45) is 0.848. The van der Waals surface area contributed by atoms with Crippen LogP contribution >= 0.6 is 0 Å². The molecule has 1 aliphatic heterocycles. The third kappa shape index (κ3) is 4.78. The summed E-state index contributed by atoms with van der Waals surface area (Å²) in [6, 6.07) is 13.8. The predicted molar refractivity (Wildman–Crippen MR) is 118 cm³/mol. The van der Waals surface area contributed by atoms with E-state index in [9.17, 15) is 9.59 Å². The third-order valence-electron chi connectivity index (χ3n) is 5.42. The molecule has 5 nitrogen and oxygen atoms in total. The van der Waals surface area contributed by atoms with E-state index in [-0.39, 0.29) is 23.4 Å². The van der Waals surface area contributed by atoms with Crippen molar-refractivity contribution in [2.24, 2.45) is 0 Å². The lowest BCUT2D eigenvalue weighted by Gasteiger charge is -2.31. The van der Waals surface area contributed by atoms with Crippen molar-refractivity contribution in [3.63, 3.8) is 0 Å². The van der Waals surface area contributed by atoms with Crippen molar-refractivity contribution in [1.29, 1.82) is 0 Å². The van der Waals surface area contributed by atoms with Gasteiger partial charge < -0.3 is 15.5 Å². The standard InChI is InChI=1S/C24H31N3O2/c1-16(2)25-22(28)19-10-11-21(17(3)14-19)26-23(29)27-13-12-18-8-6-7-9-20(18)24(4,5)15-27/h6-11,14,16H,12-13,15H2,1-5H3,(H,25,28)(H,26,29). The second kappa shape index (κ2) is 8.27. The first-order chi connectivity index (χ1) is 13.7. The highest BCUT2D eigenvalue weighted by molar-refractivity contribution is 5.96. The number of aryl methyl sites for hydroxylation is 1. The van der Waals surface area contributed by atoms with Crippen LogP contribution in [0.1, 0.15) is 54.7 Å². The van der Waals surface area contributed by atoms with Crippen LogP contribution in [0, 0.1) is 6.92 Å². The smallest absolute Gasteiger partial charge is 0.321 e. The van der Waals surface area contributed by atoms with Crippen LogP contribution in [0.15, 0.2) is 42.5 Å². The molecule has 0 saturated carbocycles. The first-order valence-corrected chi connectivity index (χ1v) is 10.2. The first kappa shape index (κ1) is 20.9. The molecule has 0 aromatic heterocycles. The Bertz CT molecular complexity index is 918. The maximum atomic E-state index is 13.0. The molecule has 0 unspecified atom stereocenters. The van der Waals surface area contributed by atoms with Gasteiger partial charge in [-0.15, -0.1) is 0 Å². The van der Waals surface area contributed by atoms with Gasteiger partial charge in [0.25, 0.3) is 5.91 Å². The van der Waals surface area contributed by atoms with E-state index >= 15 is 0 Å². The maximum Gasteiger partial charge on any atom is 0.321 e. The van der Waals surface area contributed by atoms with E-state index in [1.165, 1.54) is 11.1 Å². The fourth-order valence-electron chi connectivity index (χ4n) is 3.95. The second-order valence-electron chi connectivity index (χ2n) is 8.80. The molecule has 2 aromatic carbocycles. The van der Waals surface area contributed by atoms with E-state index in [4.69, 9.17) is 0 Å². The van der Waals surface area contributed by atoms with Crippen molar-refractivity contribution in [2.45, 2.75) is 52.5 Å². The van der Waals surface area contributed by atoms with Gasteiger partial charge in [0.2, 0.25) is 0 Å². The molecule has 0 fully saturated rings. The number of fused-ring (bicyclic) bond motifs is 1. The predicted octanol–water partition coefficient (Wildman–Crippen LogP) is 4.50. The number of nitrogens with one attached hydrogen (secondary N) is 2. The van der Waals surface area contributed by atoms with Gasteiger partial charge in [-0.25, -0.2) is 4.79 Å². The maximum absolute atomic E-state index is 13.0. The van der Waals surface area contributed by atoms with Gasteiger partial charge in [0.15, 0.2) is 0 Å². The van der Waals surface area contributed by atoms with Gasteiger partial charge in [-0.3, -0.25) is 4.79 Å². The third-order valence-corrected chi connectivity index (χ3v) is 5.42. The van der Waals surface area contributed by atoms with Gasteiger partial charge in [0, 0.05) is 35.8 Å². The van der Waals surface area contributed by atoms with Gasteiger partial charge in [0.1, 0.15) is 0 Å². The molecule has 0 saturated heterocycles. The summed E-state index contributed by atoms with van der Waals surface area (Å²) in [5, 5.41) is 5.92. The van der Waals surface area contributed by atoms with E-state index in [2.05, 4.69) is 48.7 Å². The van der Waals surface area contributed by atoms with Crippen LogP contribution < -0.4 is 10.6 Å². The van der Waals surface area contributed by atoms with Crippen LogP contribution in [0.25, 0.3) is 0 Å². The van der Waals surface area contributed by atoms with Crippen molar-refractivity contribution in [3.05, 3.63) is 64.7 Å². The summed E-state index contributed by atoms with van der Waals surface area (Å²) >= 11 is 0. The summed E-state index contributed by atoms with van der Waals surface area (Å²) in [6.45, 7) is 11.5. The van der Waals surface area contributed by atoms with Crippen LogP contribution in [0.4, 0.5) is 10.5 Å². The van der Waals surface area contributed by atoms with E-state index < -0.39 is 0 Å². The monoisotopic (exact) mass is 393 g/mol. The quantitative estimate of drug-likeness (QED) is 0.806. The van der Waals surface area contributed by atoms with Gasteiger partial charge >= 0.3 is 6.03 Å². The minimum atomic E-state index is -0.113. The van der Waals surface area contributed by atoms with Crippen molar-refractivity contribution >= 4 is 17.6 Å². The Morgan fingerprint density at radius 3 is 2.52 bits per heavy atom. The number of carbonyl (C=O) groups excluding carboxylic acids is 2. The number of anilines is 1. The Morgan fingerprint density at radius 1 is 1.10 bits per heavy atom. The fraction of sp³-hybridized carbons (Fsp3) is 0.417. The highest BCUT2D eigenvalue weighted by Gasteiger charge is 2.31. The average Bonchev–Trinajstić information content (AvgIpc) is 2.79. The Kier molecular flexibility index (Phi) is 5.96. The molecule has 0 spiro atoms. The van der Waals surface area contributed by atoms with Crippen LogP contribution in [-0.2, 0) is 11.8 Å². The number of carbonyl (C=O) groups is 2. The normalized spacial score (nSPS) is 15.4. The Morgan fingerprint density at radius 2 is 1.83 bits per heavy atom. The molecule has 2 aromatic rings. The van der Waals surface area contributed by atoms with E-state index in [1.807, 2.05) is 31.7 Å². The number of nitrogens with zero attached hydrogens (tertiary/aromatic N) is 1. The molecule has 0 radical (unpaired) electrons. The summed E-state index contributed by atoms with van der Waals surface area (Å²) in [7, 11) is 0. The van der Waals surface area contributed by atoms with Crippen LogP contribution in [0.3, 0.4) is 0 Å². The molecule has 5 heteroatoms. The molecule has 0 aliphatic carbocycles. The Labute approximate surface area is 173 Å². The molecule has 0 bridgehead atoms. The van der Waals surface area contributed by atoms with Crippen molar-refractivity contribution in [3.8, 4) is 0 Å². The SMILES string of the molecule is Cc1cc(C(=O)NC(C)C)ccc1NC(=O)N1CCc2ccccc2C(C)(C)C1. The second-order valence-corrected chi connectivity index (χ2v) is 8.80. The summed E-state index contributed by atoms with van der Waals surface area (Å²) in [4.78, 5) is 27.1. The number of rotatable bonds is 3. The molecular weight excluding hydrogens is 362 g/mol. The fourth-order valence-corrected chi connectivity index (χ4v) is 3.95. The summed E-state index contributed by atoms with van der Waals surface area (Å²) in [5.41, 5.74) is 4.71. The number of benzene rings is 2. The van der Waals surface area contributed by atoms with Gasteiger partial charge in [-0.2, -0.15) is 0 Å². The summed E-state index contributed by atoms with van der Waals surface area (Å²) < 4.78 is 0. The lowest BCUT2D eigenvalue weighted by molar-refractivity contribution is 0.0943. The minimum Gasteiger partial charge on any atom is -0.350 e. The number of urea groups is 1. The lowest BCUT2D eigenvalue weighted by atomic mass is 9.82. The lowest BCUT2D eigenvalue weighted by Crippen LogP contribution is -2.42. The van der Waals surface area contributed by atoms with Gasteiger partial charge in [0.05, 0.1) is 0 Å². The van der Waals surface area contributed by atoms with Crippen LogP contribution in [0.5, 0.6) is 0 Å². The van der Waals surface area contributed by atoms with Crippen LogP contribution in [0.2, 0.25) is 0 Å². The molecule has 1 aliphatic rings. The zero-order valence-electron chi connectivity index (χ0n) is 18.0. The van der Waals surface area contributed by atoms with Gasteiger partial charge in [-0.05, 0) is 62.1 Å². The number of amides is 3. The number of hydrogen-bond donors (Lipinski definition) is 2. The van der Waals surface area contributed by atoms with E-state index in [0.29, 0.717) is 18.7 Å². The van der Waals surface area contributed by atoms with E-state index in [0.717, 1.165) is 17.7 Å². The topological polar surface area (TPSA) is 61.4 Å². The molecule has 2 N–H and O–H groups in total. The molecule has 1 heterocycles. The van der Waals surface area contributed by atoms with E-state index in [1.54, 1.807) is 12.1 Å². The zero-order chi connectivity index (χ0) is 21.2. The van der Waals surface area contributed by atoms with Crippen molar-refractivity contribution < 1.29 is 9.59 Å². The van der Waals surface area contributed by atoms with Crippen molar-refractivity contribution in [1.82, 2.24) is 10.2 Å². The molecule has 154 valence electrons. The average molecular weight is 394 g/mol. The zero-order valence-corrected chi connectivity index (χ0v) is 18.0. The first-order valence-electron chi connectivity index (χ1n) is 10.2. The molecule has 3 amide bonds. The highest BCUT2D eigenvalue weighted by Crippen LogP contribution is 2.31. The largest absolute Gasteiger partial charge is 0.350 e. The summed E-state index contributed by atoms with van der Waals surface area (Å²) in [5.74, 6) is -0.104. The Hall–Kier alpha value is -2.82. The Balaban J connectivity index is 1.73. The van der Waals surface area contributed by atoms with Crippen LogP contribution in [-0.4, -0.2) is 36.0 Å². The van der Waals surface area contributed by atoms with Gasteiger partial charge in [-0.1, -0.05) is 38.1 Å². The number of hydrogen-bond acceptors (Lipinski definition) is 2. The molecule has 3 rings (SSSR count). The highest BCUT2D eigenvalue weighted by atomic mass is 16.2. The molecule has 29 heavy (non-hydrogen) atoms. The van der Waals surface area contributed by atoms with Crippen molar-refractivity contribution in [2.75, 3.05) is 18.4 Å². The molecular formula is C24H31N3O2. The molecule has 0 atom stereocenters. The minimum absolute atomic E-state index is 0.0812.